The minimum atomic E-state index is -3.74. The fourth-order valence-corrected chi connectivity index (χ4v) is 4.74. The second-order valence-electron chi connectivity index (χ2n) is 7.28. The van der Waals surface area contributed by atoms with Gasteiger partial charge in [0, 0.05) is 11.6 Å². The zero-order chi connectivity index (χ0) is 22.2. The number of hydrogen-bond donors (Lipinski definition) is 1. The molecule has 0 fully saturated rings. The van der Waals surface area contributed by atoms with E-state index in [9.17, 15) is 18.0 Å². The number of anilines is 1. The van der Waals surface area contributed by atoms with E-state index in [-0.39, 0.29) is 23.3 Å². The summed E-state index contributed by atoms with van der Waals surface area (Å²) >= 11 is 6.35. The molecule has 0 bridgehead atoms. The van der Waals surface area contributed by atoms with Gasteiger partial charge >= 0.3 is 0 Å². The smallest absolute Gasteiger partial charge is 0.261 e. The SMILES string of the molecule is Cc1ccc(S(=O)(=O)Nc2ccc(CCN3C(=O)c4ccccc4C3=O)c(Cl)c2)cc1. The Hall–Kier alpha value is -3.16. The van der Waals surface area contributed by atoms with E-state index in [0.29, 0.717) is 33.8 Å². The van der Waals surface area contributed by atoms with Gasteiger partial charge in [0.05, 0.1) is 21.7 Å². The maximum atomic E-state index is 12.6. The van der Waals surface area contributed by atoms with Crippen molar-refractivity contribution in [3.63, 3.8) is 0 Å². The first-order valence-electron chi connectivity index (χ1n) is 9.59. The number of halogens is 1. The van der Waals surface area contributed by atoms with Gasteiger partial charge in [-0.3, -0.25) is 19.2 Å². The number of rotatable bonds is 6. The Morgan fingerprint density at radius 1 is 0.903 bits per heavy atom. The summed E-state index contributed by atoms with van der Waals surface area (Å²) in [7, 11) is -3.74. The van der Waals surface area contributed by atoms with Crippen LogP contribution in [0, 0.1) is 6.92 Å². The first-order valence-corrected chi connectivity index (χ1v) is 11.5. The van der Waals surface area contributed by atoms with Crippen LogP contribution in [0.5, 0.6) is 0 Å². The molecule has 8 heteroatoms. The third kappa shape index (κ3) is 4.19. The van der Waals surface area contributed by atoms with Crippen molar-refractivity contribution in [3.05, 3.63) is 94.0 Å². The van der Waals surface area contributed by atoms with Crippen molar-refractivity contribution < 1.29 is 18.0 Å². The second kappa shape index (κ2) is 8.17. The monoisotopic (exact) mass is 454 g/mol. The van der Waals surface area contributed by atoms with Gasteiger partial charge in [0.15, 0.2) is 0 Å². The number of fused-ring (bicyclic) bond motifs is 1. The molecule has 0 saturated heterocycles. The zero-order valence-electron chi connectivity index (χ0n) is 16.6. The van der Waals surface area contributed by atoms with Crippen molar-refractivity contribution >= 4 is 39.1 Å². The average Bonchev–Trinajstić information content (AvgIpc) is 2.98. The Morgan fingerprint density at radius 2 is 1.52 bits per heavy atom. The van der Waals surface area contributed by atoms with E-state index in [1.54, 1.807) is 48.5 Å². The maximum absolute atomic E-state index is 12.6. The standard InChI is InChI=1S/C23H19ClN2O4S/c1-15-6-10-18(11-7-15)31(29,30)25-17-9-8-16(21(24)14-17)12-13-26-22(27)19-4-2-3-5-20(19)23(26)28/h2-11,14,25H,12-13H2,1H3. The molecule has 6 nitrogen and oxygen atoms in total. The molecule has 3 aromatic carbocycles. The van der Waals surface area contributed by atoms with Crippen molar-refractivity contribution in [3.8, 4) is 0 Å². The summed E-state index contributed by atoms with van der Waals surface area (Å²) < 4.78 is 27.6. The quantitative estimate of drug-likeness (QED) is 0.563. The van der Waals surface area contributed by atoms with Gasteiger partial charge in [-0.15, -0.1) is 0 Å². The molecule has 0 radical (unpaired) electrons. The van der Waals surface area contributed by atoms with Crippen molar-refractivity contribution in [2.75, 3.05) is 11.3 Å². The highest BCUT2D eigenvalue weighted by molar-refractivity contribution is 7.92. The number of carbonyl (C=O) groups is 2. The van der Waals surface area contributed by atoms with Crippen molar-refractivity contribution in [2.24, 2.45) is 0 Å². The summed E-state index contributed by atoms with van der Waals surface area (Å²) in [6, 6.07) is 18.1. The lowest BCUT2D eigenvalue weighted by molar-refractivity contribution is 0.0656. The van der Waals surface area contributed by atoms with Gasteiger partial charge in [0.2, 0.25) is 0 Å². The van der Waals surface area contributed by atoms with Gasteiger partial charge in [0.1, 0.15) is 0 Å². The van der Waals surface area contributed by atoms with E-state index in [1.807, 2.05) is 6.92 Å². The molecule has 0 atom stereocenters. The van der Waals surface area contributed by atoms with Crippen LogP contribution in [-0.4, -0.2) is 31.7 Å². The highest BCUT2D eigenvalue weighted by Crippen LogP contribution is 2.26. The Kier molecular flexibility index (Phi) is 5.56. The van der Waals surface area contributed by atoms with E-state index in [0.717, 1.165) is 5.56 Å². The lowest BCUT2D eigenvalue weighted by Gasteiger charge is -2.15. The van der Waals surface area contributed by atoms with Crippen molar-refractivity contribution in [2.45, 2.75) is 18.2 Å². The first kappa shape index (κ1) is 21.1. The van der Waals surface area contributed by atoms with Crippen LogP contribution in [0.25, 0.3) is 0 Å². The summed E-state index contributed by atoms with van der Waals surface area (Å²) in [5, 5.41) is 0.348. The molecule has 31 heavy (non-hydrogen) atoms. The van der Waals surface area contributed by atoms with Crippen LogP contribution in [0.2, 0.25) is 5.02 Å². The molecular formula is C23H19ClN2O4S. The summed E-state index contributed by atoms with van der Waals surface area (Å²) in [6.07, 6.45) is 0.356. The van der Waals surface area contributed by atoms with Crippen LogP contribution in [0.3, 0.4) is 0 Å². The fourth-order valence-electron chi connectivity index (χ4n) is 3.42. The van der Waals surface area contributed by atoms with Crippen molar-refractivity contribution in [1.82, 2.24) is 4.90 Å². The van der Waals surface area contributed by atoms with E-state index < -0.39 is 10.0 Å². The second-order valence-corrected chi connectivity index (χ2v) is 9.37. The zero-order valence-corrected chi connectivity index (χ0v) is 18.2. The summed E-state index contributed by atoms with van der Waals surface area (Å²) in [5.74, 6) is -0.640. The molecule has 4 rings (SSSR count). The Labute approximate surface area is 185 Å². The minimum Gasteiger partial charge on any atom is -0.280 e. The van der Waals surface area contributed by atoms with Gasteiger partial charge in [-0.2, -0.15) is 0 Å². The number of nitrogens with one attached hydrogen (secondary N) is 1. The number of imide groups is 1. The fraction of sp³-hybridized carbons (Fsp3) is 0.130. The highest BCUT2D eigenvalue weighted by atomic mass is 35.5. The molecule has 0 saturated carbocycles. The molecule has 3 aromatic rings. The van der Waals surface area contributed by atoms with Crippen LogP contribution in [-0.2, 0) is 16.4 Å². The predicted molar refractivity (Wildman–Crippen MR) is 119 cm³/mol. The van der Waals surface area contributed by atoms with Gasteiger partial charge in [-0.1, -0.05) is 47.5 Å². The predicted octanol–water partition coefficient (Wildman–Crippen LogP) is 4.29. The first-order chi connectivity index (χ1) is 14.8. The Balaban J connectivity index is 1.46. The topological polar surface area (TPSA) is 83.6 Å². The third-order valence-corrected chi connectivity index (χ3v) is 6.87. The molecule has 1 heterocycles. The van der Waals surface area contributed by atoms with Crippen LogP contribution in [0.4, 0.5) is 5.69 Å². The van der Waals surface area contributed by atoms with E-state index in [2.05, 4.69) is 4.72 Å². The van der Waals surface area contributed by atoms with Crippen LogP contribution in [0.1, 0.15) is 31.8 Å². The number of amides is 2. The Morgan fingerprint density at radius 3 is 2.10 bits per heavy atom. The van der Waals surface area contributed by atoms with E-state index >= 15 is 0 Å². The van der Waals surface area contributed by atoms with Gasteiger partial charge in [0.25, 0.3) is 21.8 Å². The normalized spacial score (nSPS) is 13.4. The van der Waals surface area contributed by atoms with Gasteiger partial charge < -0.3 is 0 Å². The number of carbonyl (C=O) groups excluding carboxylic acids is 2. The molecule has 0 spiro atoms. The number of sulfonamides is 1. The average molecular weight is 455 g/mol. The molecule has 158 valence electrons. The number of nitrogens with zero attached hydrogens (tertiary/aromatic N) is 1. The molecule has 1 aliphatic rings. The molecule has 0 aromatic heterocycles. The third-order valence-electron chi connectivity index (χ3n) is 5.12. The molecule has 2 amide bonds. The lowest BCUT2D eigenvalue weighted by atomic mass is 10.1. The number of aryl methyl sites for hydroxylation is 1. The summed E-state index contributed by atoms with van der Waals surface area (Å²) in [6.45, 7) is 2.06. The van der Waals surface area contributed by atoms with E-state index in [4.69, 9.17) is 11.6 Å². The lowest BCUT2D eigenvalue weighted by Crippen LogP contribution is -2.31. The van der Waals surface area contributed by atoms with Crippen LogP contribution >= 0.6 is 11.6 Å². The van der Waals surface area contributed by atoms with Crippen molar-refractivity contribution in [1.29, 1.82) is 0 Å². The molecule has 1 aliphatic heterocycles. The van der Waals surface area contributed by atoms with Gasteiger partial charge in [-0.25, -0.2) is 8.42 Å². The van der Waals surface area contributed by atoms with E-state index in [1.165, 1.54) is 23.1 Å². The summed E-state index contributed by atoms with van der Waals surface area (Å²) in [4.78, 5) is 26.3. The molecule has 0 aliphatic carbocycles. The highest BCUT2D eigenvalue weighted by Gasteiger charge is 2.34. The number of benzene rings is 3. The van der Waals surface area contributed by atoms with Crippen LogP contribution in [0.15, 0.2) is 71.6 Å². The Bertz CT molecular complexity index is 1250. The number of hydrogen-bond acceptors (Lipinski definition) is 4. The minimum absolute atomic E-state index is 0.156. The summed E-state index contributed by atoms with van der Waals surface area (Å²) in [5.41, 5.74) is 2.80. The largest absolute Gasteiger partial charge is 0.280 e. The molecule has 0 unspecified atom stereocenters. The maximum Gasteiger partial charge on any atom is 0.261 e. The molecule has 1 N–H and O–H groups in total. The van der Waals surface area contributed by atoms with Crippen LogP contribution < -0.4 is 4.72 Å². The van der Waals surface area contributed by atoms with Gasteiger partial charge in [-0.05, 0) is 55.3 Å². The molecular weight excluding hydrogens is 436 g/mol.